The number of likely N-dealkylation sites (tertiary alicyclic amines) is 1. The van der Waals surface area contributed by atoms with Crippen LogP contribution in [0.3, 0.4) is 0 Å². The van der Waals surface area contributed by atoms with Crippen molar-refractivity contribution in [1.29, 1.82) is 0 Å². The van der Waals surface area contributed by atoms with Crippen molar-refractivity contribution >= 4 is 5.91 Å². The van der Waals surface area contributed by atoms with Crippen LogP contribution in [0.5, 0.6) is 11.5 Å². The Kier molecular flexibility index (Phi) is 7.92. The molecule has 33 heavy (non-hydrogen) atoms. The maximum Gasteiger partial charge on any atom is 0.227 e. The molecule has 5 nitrogen and oxygen atoms in total. The monoisotopic (exact) mass is 450 g/mol. The molecule has 0 N–H and O–H groups in total. The lowest BCUT2D eigenvalue weighted by molar-refractivity contribution is -0.133. The number of benzene rings is 2. The first kappa shape index (κ1) is 23.6. The van der Waals surface area contributed by atoms with Crippen molar-refractivity contribution in [2.45, 2.75) is 64.0 Å². The van der Waals surface area contributed by atoms with E-state index in [1.165, 1.54) is 36.0 Å². The summed E-state index contributed by atoms with van der Waals surface area (Å²) in [5, 5.41) is 0. The van der Waals surface area contributed by atoms with Gasteiger partial charge in [-0.1, -0.05) is 43.2 Å². The van der Waals surface area contributed by atoms with Crippen molar-refractivity contribution in [3.63, 3.8) is 0 Å². The molecule has 2 aromatic carbocycles. The number of carbonyl (C=O) groups is 1. The highest BCUT2D eigenvalue weighted by molar-refractivity contribution is 5.80. The van der Waals surface area contributed by atoms with Crippen LogP contribution in [-0.2, 0) is 24.1 Å². The number of amides is 1. The second kappa shape index (κ2) is 11.1. The van der Waals surface area contributed by atoms with Crippen LogP contribution in [0, 0.1) is 0 Å². The molecule has 2 unspecified atom stereocenters. The Hall–Kier alpha value is -2.53. The summed E-state index contributed by atoms with van der Waals surface area (Å²) in [6.07, 6.45) is 7.34. The van der Waals surface area contributed by atoms with Gasteiger partial charge in [-0.2, -0.15) is 0 Å². The van der Waals surface area contributed by atoms with Crippen molar-refractivity contribution < 1.29 is 14.3 Å². The average molecular weight is 451 g/mol. The van der Waals surface area contributed by atoms with Gasteiger partial charge in [-0.3, -0.25) is 9.69 Å². The van der Waals surface area contributed by atoms with E-state index in [9.17, 15) is 4.79 Å². The largest absolute Gasteiger partial charge is 0.493 e. The van der Waals surface area contributed by atoms with Crippen LogP contribution < -0.4 is 9.47 Å². The number of hydrogen-bond acceptors (Lipinski definition) is 4. The molecule has 4 rings (SSSR count). The van der Waals surface area contributed by atoms with Crippen molar-refractivity contribution in [2.75, 3.05) is 33.9 Å². The van der Waals surface area contributed by atoms with Gasteiger partial charge in [0.25, 0.3) is 0 Å². The molecule has 0 saturated carbocycles. The number of ether oxygens (including phenoxy) is 2. The molecule has 1 amide bonds. The van der Waals surface area contributed by atoms with Gasteiger partial charge in [-0.05, 0) is 68.0 Å². The zero-order chi connectivity index (χ0) is 23.2. The molecular formula is C28H38N2O3. The lowest BCUT2D eigenvalue weighted by Gasteiger charge is -2.40. The molecule has 1 fully saturated rings. The minimum atomic E-state index is 0.218. The van der Waals surface area contributed by atoms with E-state index in [2.05, 4.69) is 47.1 Å². The molecule has 2 aliphatic rings. The van der Waals surface area contributed by atoms with Gasteiger partial charge in [0.1, 0.15) is 0 Å². The Morgan fingerprint density at radius 3 is 2.55 bits per heavy atom. The molecule has 1 saturated heterocycles. The van der Waals surface area contributed by atoms with Gasteiger partial charge < -0.3 is 14.4 Å². The van der Waals surface area contributed by atoms with Crippen molar-refractivity contribution in [3.05, 3.63) is 59.2 Å². The maximum absolute atomic E-state index is 13.2. The van der Waals surface area contributed by atoms with E-state index in [4.69, 9.17) is 9.47 Å². The lowest BCUT2D eigenvalue weighted by Crippen LogP contribution is -2.53. The maximum atomic E-state index is 13.2. The quantitative estimate of drug-likeness (QED) is 0.623. The third-order valence-corrected chi connectivity index (χ3v) is 7.50. The summed E-state index contributed by atoms with van der Waals surface area (Å²) >= 11 is 0. The van der Waals surface area contributed by atoms with Gasteiger partial charge in [0.05, 0.1) is 20.6 Å². The molecule has 0 spiro atoms. The summed E-state index contributed by atoms with van der Waals surface area (Å²) in [6, 6.07) is 15.3. The minimum Gasteiger partial charge on any atom is -0.493 e. The van der Waals surface area contributed by atoms with Crippen molar-refractivity contribution in [3.8, 4) is 11.5 Å². The zero-order valence-electron chi connectivity index (χ0n) is 20.4. The van der Waals surface area contributed by atoms with E-state index in [1.807, 2.05) is 12.1 Å². The predicted octanol–water partition coefficient (Wildman–Crippen LogP) is 4.51. The number of methoxy groups -OCH3 is 2. The minimum absolute atomic E-state index is 0.218. The van der Waals surface area contributed by atoms with E-state index in [1.54, 1.807) is 14.2 Å². The van der Waals surface area contributed by atoms with Gasteiger partial charge in [0.2, 0.25) is 5.91 Å². The highest BCUT2D eigenvalue weighted by Crippen LogP contribution is 2.29. The van der Waals surface area contributed by atoms with E-state index in [0.29, 0.717) is 12.5 Å². The Labute approximate surface area is 198 Å². The summed E-state index contributed by atoms with van der Waals surface area (Å²) in [7, 11) is 3.36. The molecule has 2 atom stereocenters. The smallest absolute Gasteiger partial charge is 0.227 e. The van der Waals surface area contributed by atoms with Crippen LogP contribution in [-0.4, -0.2) is 61.6 Å². The number of carbonyl (C=O) groups excluding carboxylic acids is 1. The second-order valence-electron chi connectivity index (χ2n) is 9.42. The molecule has 0 bridgehead atoms. The van der Waals surface area contributed by atoms with Gasteiger partial charge in [0, 0.05) is 25.2 Å². The van der Waals surface area contributed by atoms with Gasteiger partial charge in [0.15, 0.2) is 11.5 Å². The van der Waals surface area contributed by atoms with Crippen LogP contribution in [0.2, 0.25) is 0 Å². The third kappa shape index (κ3) is 5.52. The Morgan fingerprint density at radius 2 is 1.76 bits per heavy atom. The van der Waals surface area contributed by atoms with E-state index in [-0.39, 0.29) is 11.9 Å². The third-order valence-electron chi connectivity index (χ3n) is 7.50. The van der Waals surface area contributed by atoms with E-state index >= 15 is 0 Å². The predicted molar refractivity (Wildman–Crippen MR) is 132 cm³/mol. The van der Waals surface area contributed by atoms with Crippen LogP contribution in [0.1, 0.15) is 49.3 Å². The summed E-state index contributed by atoms with van der Waals surface area (Å²) in [6.45, 7) is 5.18. The molecule has 178 valence electrons. The van der Waals surface area contributed by atoms with E-state index < -0.39 is 0 Å². The number of rotatable bonds is 7. The molecule has 2 heterocycles. The highest BCUT2D eigenvalue weighted by atomic mass is 16.5. The first-order chi connectivity index (χ1) is 16.1. The molecule has 0 aromatic heterocycles. The van der Waals surface area contributed by atoms with Gasteiger partial charge in [-0.25, -0.2) is 0 Å². The Balaban J connectivity index is 1.46. The highest BCUT2D eigenvalue weighted by Gasteiger charge is 2.33. The van der Waals surface area contributed by atoms with Crippen LogP contribution in [0.25, 0.3) is 0 Å². The summed E-state index contributed by atoms with van der Waals surface area (Å²) in [5.41, 5.74) is 3.78. The molecular weight excluding hydrogens is 412 g/mol. The first-order valence-electron chi connectivity index (χ1n) is 12.4. The Bertz CT molecular complexity index is 944. The Morgan fingerprint density at radius 1 is 0.970 bits per heavy atom. The van der Waals surface area contributed by atoms with Crippen LogP contribution in [0.4, 0.5) is 0 Å². The van der Waals surface area contributed by atoms with E-state index in [0.717, 1.165) is 50.4 Å². The fraction of sp³-hybridized carbons (Fsp3) is 0.536. The summed E-state index contributed by atoms with van der Waals surface area (Å²) < 4.78 is 10.9. The standard InChI is InChI=1S/C28H38N2O3/c1-21(30-18-15-23-9-6-7-10-24(23)20-28(30)31)25-11-5-4-8-16-29(25)17-14-22-12-13-26(32-2)27(19-22)33-3/h6-7,9-10,12-13,19,21,25H,4-5,8,11,14-18,20H2,1-3H3. The summed E-state index contributed by atoms with van der Waals surface area (Å²) in [5.74, 6) is 1.82. The second-order valence-corrected chi connectivity index (χ2v) is 9.42. The number of fused-ring (bicyclic) bond motifs is 1. The zero-order valence-corrected chi connectivity index (χ0v) is 20.4. The van der Waals surface area contributed by atoms with Crippen LogP contribution in [0.15, 0.2) is 42.5 Å². The molecule has 5 heteroatoms. The van der Waals surface area contributed by atoms with Gasteiger partial charge >= 0.3 is 0 Å². The molecule has 0 radical (unpaired) electrons. The average Bonchev–Trinajstić information content (AvgIpc) is 3.18. The molecule has 0 aliphatic carbocycles. The first-order valence-corrected chi connectivity index (χ1v) is 12.4. The van der Waals surface area contributed by atoms with Crippen molar-refractivity contribution in [1.82, 2.24) is 9.80 Å². The lowest BCUT2D eigenvalue weighted by atomic mass is 10.00. The fourth-order valence-electron chi connectivity index (χ4n) is 5.57. The SMILES string of the molecule is COc1ccc(CCN2CCCCCC2C(C)N2CCc3ccccc3CC2=O)cc1OC. The topological polar surface area (TPSA) is 42.0 Å². The van der Waals surface area contributed by atoms with Gasteiger partial charge in [-0.15, -0.1) is 0 Å². The number of nitrogens with zero attached hydrogens (tertiary/aromatic N) is 2. The van der Waals surface area contributed by atoms with Crippen LogP contribution >= 0.6 is 0 Å². The summed E-state index contributed by atoms with van der Waals surface area (Å²) in [4.78, 5) is 18.1. The molecule has 2 aliphatic heterocycles. The normalized spacial score (nSPS) is 20.5. The van der Waals surface area contributed by atoms with Crippen molar-refractivity contribution in [2.24, 2.45) is 0 Å². The molecule has 2 aromatic rings. The fourth-order valence-corrected chi connectivity index (χ4v) is 5.57. The number of hydrogen-bond donors (Lipinski definition) is 0.